The van der Waals surface area contributed by atoms with Crippen molar-refractivity contribution >= 4 is 5.69 Å². The van der Waals surface area contributed by atoms with E-state index in [9.17, 15) is 24.0 Å². The molecule has 1 heterocycles. The summed E-state index contributed by atoms with van der Waals surface area (Å²) in [5, 5.41) is 23.0. The second-order valence-electron chi connectivity index (χ2n) is 3.64. The van der Waals surface area contributed by atoms with Gasteiger partial charge in [-0.3, -0.25) is 10.1 Å². The van der Waals surface area contributed by atoms with E-state index in [2.05, 4.69) is 14.7 Å². The van der Waals surface area contributed by atoms with Gasteiger partial charge in [0.25, 0.3) is 5.89 Å². The number of halogens is 2. The lowest BCUT2D eigenvalue weighted by Gasteiger charge is -2.00. The first-order valence-electron chi connectivity index (χ1n) is 5.06. The lowest BCUT2D eigenvalue weighted by Crippen LogP contribution is -1.99. The van der Waals surface area contributed by atoms with Crippen molar-refractivity contribution in [2.75, 3.05) is 0 Å². The zero-order valence-corrected chi connectivity index (χ0v) is 9.50. The van der Waals surface area contributed by atoms with Crippen LogP contribution in [0, 0.1) is 21.7 Å². The van der Waals surface area contributed by atoms with E-state index < -0.39 is 39.7 Å². The fourth-order valence-electron chi connectivity index (χ4n) is 1.39. The highest BCUT2D eigenvalue weighted by molar-refractivity contribution is 5.61. The molecule has 0 radical (unpaired) electrons. The van der Waals surface area contributed by atoms with Gasteiger partial charge in [0.15, 0.2) is 0 Å². The van der Waals surface area contributed by atoms with Crippen LogP contribution in [0.1, 0.15) is 18.9 Å². The molecule has 0 saturated carbocycles. The molecule has 1 atom stereocenters. The summed E-state index contributed by atoms with van der Waals surface area (Å²) < 4.78 is 31.9. The lowest BCUT2D eigenvalue weighted by molar-refractivity contribution is -0.387. The highest BCUT2D eigenvalue weighted by Crippen LogP contribution is 2.30. The van der Waals surface area contributed by atoms with Crippen molar-refractivity contribution in [1.82, 2.24) is 10.1 Å². The molecular formula is C10H7F2N3O4. The van der Waals surface area contributed by atoms with E-state index in [0.29, 0.717) is 6.07 Å². The van der Waals surface area contributed by atoms with Crippen LogP contribution in [0.2, 0.25) is 0 Å². The Balaban J connectivity index is 2.60. The molecule has 1 aromatic heterocycles. The number of aliphatic hydroxyl groups is 1. The third-order valence-corrected chi connectivity index (χ3v) is 2.29. The molecule has 100 valence electrons. The summed E-state index contributed by atoms with van der Waals surface area (Å²) >= 11 is 0. The molecule has 9 heteroatoms. The van der Waals surface area contributed by atoms with Crippen LogP contribution in [0.15, 0.2) is 16.7 Å². The molecule has 0 amide bonds. The normalized spacial score (nSPS) is 12.4. The first kappa shape index (κ1) is 13.0. The zero-order valence-electron chi connectivity index (χ0n) is 9.50. The Bertz CT molecular complexity index is 642. The van der Waals surface area contributed by atoms with Crippen LogP contribution in [0.3, 0.4) is 0 Å². The quantitative estimate of drug-likeness (QED) is 0.676. The van der Waals surface area contributed by atoms with Crippen molar-refractivity contribution in [3.05, 3.63) is 39.8 Å². The van der Waals surface area contributed by atoms with Gasteiger partial charge < -0.3 is 9.63 Å². The summed E-state index contributed by atoms with van der Waals surface area (Å²) in [6.07, 6.45) is -1.12. The van der Waals surface area contributed by atoms with Gasteiger partial charge in [-0.2, -0.15) is 9.37 Å². The minimum absolute atomic E-state index is 0.250. The van der Waals surface area contributed by atoms with E-state index in [-0.39, 0.29) is 5.89 Å². The molecule has 0 bridgehead atoms. The monoisotopic (exact) mass is 271 g/mol. The number of nitro benzene ring substituents is 1. The minimum atomic E-state index is -1.40. The summed E-state index contributed by atoms with van der Waals surface area (Å²) in [6, 6.07) is 1.43. The first-order chi connectivity index (χ1) is 8.91. The highest BCUT2D eigenvalue weighted by atomic mass is 19.1. The van der Waals surface area contributed by atoms with Gasteiger partial charge in [-0.25, -0.2) is 4.39 Å². The smallest absolute Gasteiger partial charge is 0.305 e. The maximum atomic E-state index is 13.8. The third kappa shape index (κ3) is 2.27. The molecule has 0 spiro atoms. The topological polar surface area (TPSA) is 102 Å². The summed E-state index contributed by atoms with van der Waals surface area (Å²) in [7, 11) is 0. The van der Waals surface area contributed by atoms with E-state index in [4.69, 9.17) is 0 Å². The van der Waals surface area contributed by atoms with Crippen LogP contribution in [0.5, 0.6) is 0 Å². The predicted molar refractivity (Wildman–Crippen MR) is 56.9 cm³/mol. The second-order valence-corrected chi connectivity index (χ2v) is 3.64. The van der Waals surface area contributed by atoms with Crippen LogP contribution in [-0.2, 0) is 0 Å². The van der Waals surface area contributed by atoms with Gasteiger partial charge in [-0.05, 0) is 13.0 Å². The number of nitro groups is 1. The molecule has 0 aliphatic rings. The Morgan fingerprint density at radius 3 is 2.68 bits per heavy atom. The van der Waals surface area contributed by atoms with Gasteiger partial charge in [-0.15, -0.1) is 0 Å². The Kier molecular flexibility index (Phi) is 3.21. The molecule has 0 unspecified atom stereocenters. The maximum Gasteiger partial charge on any atom is 0.305 e. The predicted octanol–water partition coefficient (Wildman–Crippen LogP) is 1.98. The van der Waals surface area contributed by atoms with Gasteiger partial charge in [0.05, 0.1) is 4.92 Å². The molecule has 2 rings (SSSR count). The lowest BCUT2D eigenvalue weighted by atomic mass is 10.1. The van der Waals surface area contributed by atoms with Crippen LogP contribution >= 0.6 is 0 Å². The number of aliphatic hydroxyl groups excluding tert-OH is 1. The van der Waals surface area contributed by atoms with Gasteiger partial charge in [0, 0.05) is 6.07 Å². The Hall–Kier alpha value is -2.42. The Morgan fingerprint density at radius 1 is 1.47 bits per heavy atom. The molecule has 1 aromatic carbocycles. The number of nitrogens with zero attached hydrogens (tertiary/aromatic N) is 3. The summed E-state index contributed by atoms with van der Waals surface area (Å²) in [5.41, 5.74) is -1.68. The molecule has 2 aromatic rings. The first-order valence-corrected chi connectivity index (χ1v) is 5.06. The number of rotatable bonds is 3. The average molecular weight is 271 g/mol. The van der Waals surface area contributed by atoms with Crippen LogP contribution in [0.4, 0.5) is 14.5 Å². The largest absolute Gasteiger partial charge is 0.384 e. The number of hydrogen-bond donors (Lipinski definition) is 1. The highest BCUT2D eigenvalue weighted by Gasteiger charge is 2.26. The number of aromatic nitrogens is 2. The van der Waals surface area contributed by atoms with Crippen molar-refractivity contribution in [3.8, 4) is 11.4 Å². The fraction of sp³-hybridized carbons (Fsp3) is 0.200. The van der Waals surface area contributed by atoms with E-state index in [1.807, 2.05) is 0 Å². The van der Waals surface area contributed by atoms with Gasteiger partial charge in [-0.1, -0.05) is 5.16 Å². The maximum absolute atomic E-state index is 13.8. The van der Waals surface area contributed by atoms with E-state index >= 15 is 0 Å². The summed E-state index contributed by atoms with van der Waals surface area (Å²) in [4.78, 5) is 13.1. The molecule has 1 N–H and O–H groups in total. The Labute approximate surface area is 104 Å². The van der Waals surface area contributed by atoms with E-state index in [1.165, 1.54) is 6.92 Å². The van der Waals surface area contributed by atoms with Gasteiger partial charge >= 0.3 is 5.69 Å². The van der Waals surface area contributed by atoms with Gasteiger partial charge in [0.2, 0.25) is 11.6 Å². The van der Waals surface area contributed by atoms with E-state index in [0.717, 1.165) is 6.07 Å². The molecule has 0 fully saturated rings. The molecule has 0 aliphatic heterocycles. The summed E-state index contributed by atoms with van der Waals surface area (Å²) in [6.45, 7) is 1.32. The third-order valence-electron chi connectivity index (χ3n) is 2.29. The number of hydrogen-bond acceptors (Lipinski definition) is 6. The van der Waals surface area contributed by atoms with Crippen molar-refractivity contribution < 1.29 is 23.3 Å². The van der Waals surface area contributed by atoms with E-state index in [1.54, 1.807) is 0 Å². The SMILES string of the molecule is C[C@H](O)c1nc(-c2c(F)ccc([N+](=O)[O-])c2F)no1. The van der Waals surface area contributed by atoms with Crippen molar-refractivity contribution in [2.45, 2.75) is 13.0 Å². The molecule has 7 nitrogen and oxygen atoms in total. The van der Waals surface area contributed by atoms with Crippen molar-refractivity contribution in [2.24, 2.45) is 0 Å². The molecule has 0 aliphatic carbocycles. The zero-order chi connectivity index (χ0) is 14.2. The standard InChI is InChI=1S/C10H7F2N3O4/c1-4(16)10-13-9(14-19-10)7-5(11)2-3-6(8(7)12)15(17)18/h2-4,16H,1H3/t4-/m0/s1. The van der Waals surface area contributed by atoms with Gasteiger partial charge in [0.1, 0.15) is 17.5 Å². The summed E-state index contributed by atoms with van der Waals surface area (Å²) in [5.74, 6) is -3.22. The molecule has 0 saturated heterocycles. The van der Waals surface area contributed by atoms with Crippen molar-refractivity contribution in [1.29, 1.82) is 0 Å². The van der Waals surface area contributed by atoms with Crippen LogP contribution < -0.4 is 0 Å². The minimum Gasteiger partial charge on any atom is -0.384 e. The Morgan fingerprint density at radius 2 is 2.16 bits per heavy atom. The van der Waals surface area contributed by atoms with Crippen LogP contribution in [0.25, 0.3) is 11.4 Å². The fourth-order valence-corrected chi connectivity index (χ4v) is 1.39. The molecule has 19 heavy (non-hydrogen) atoms. The number of benzene rings is 1. The second kappa shape index (κ2) is 4.69. The average Bonchev–Trinajstić information content (AvgIpc) is 2.78. The molecular weight excluding hydrogens is 264 g/mol. The van der Waals surface area contributed by atoms with Crippen LogP contribution in [-0.4, -0.2) is 20.2 Å². The van der Waals surface area contributed by atoms with Crippen molar-refractivity contribution in [3.63, 3.8) is 0 Å².